The third kappa shape index (κ3) is 4.14. The summed E-state index contributed by atoms with van der Waals surface area (Å²) < 4.78 is 47.2. The molecule has 0 aliphatic carbocycles. The fourth-order valence-corrected chi connectivity index (χ4v) is 3.41. The summed E-state index contributed by atoms with van der Waals surface area (Å²) in [6.45, 7) is 0.237. The van der Waals surface area contributed by atoms with E-state index in [1.54, 1.807) is 26.3 Å². The van der Waals surface area contributed by atoms with Crippen molar-refractivity contribution in [3.05, 3.63) is 77.5 Å². The van der Waals surface area contributed by atoms with E-state index in [1.807, 2.05) is 12.1 Å². The number of fused-ring (bicyclic) bond motifs is 1. The van der Waals surface area contributed by atoms with Crippen molar-refractivity contribution in [3.8, 4) is 17.0 Å². The molecule has 0 bridgehead atoms. The Kier molecular flexibility index (Phi) is 5.56. The monoisotopic (exact) mass is 440 g/mol. The number of carbonyl (C=O) groups excluding carboxylic acids is 1. The highest BCUT2D eigenvalue weighted by atomic mass is 19.4. The lowest BCUT2D eigenvalue weighted by molar-refractivity contribution is -0.137. The van der Waals surface area contributed by atoms with Crippen LogP contribution in [0.2, 0.25) is 0 Å². The Morgan fingerprint density at radius 1 is 1.12 bits per heavy atom. The summed E-state index contributed by atoms with van der Waals surface area (Å²) in [6.07, 6.45) is -3.08. The first-order valence-corrected chi connectivity index (χ1v) is 9.68. The van der Waals surface area contributed by atoms with Crippen molar-refractivity contribution in [2.24, 2.45) is 7.05 Å². The van der Waals surface area contributed by atoms with Gasteiger partial charge in [-0.2, -0.15) is 18.3 Å². The average molecular weight is 440 g/mol. The maximum absolute atomic E-state index is 13.6. The molecule has 2 heterocycles. The summed E-state index contributed by atoms with van der Waals surface area (Å²) in [5.41, 5.74) is 0.477. The number of methoxy groups -OCH3 is 1. The molecule has 2 aromatic heterocycles. The molecule has 0 atom stereocenters. The molecular weight excluding hydrogens is 421 g/mol. The molecule has 0 aliphatic heterocycles. The molecule has 6 nitrogen and oxygen atoms in total. The maximum Gasteiger partial charge on any atom is 0.417 e. The van der Waals surface area contributed by atoms with Gasteiger partial charge in [-0.05, 0) is 29.8 Å². The predicted molar refractivity (Wildman–Crippen MR) is 113 cm³/mol. The molecule has 4 aromatic rings. The van der Waals surface area contributed by atoms with Crippen molar-refractivity contribution in [2.75, 3.05) is 7.11 Å². The van der Waals surface area contributed by atoms with Gasteiger partial charge in [-0.3, -0.25) is 9.48 Å². The lowest BCUT2D eigenvalue weighted by Gasteiger charge is -2.14. The number of benzene rings is 2. The minimum absolute atomic E-state index is 0.0450. The Hall–Kier alpha value is -3.88. The molecule has 0 saturated heterocycles. The molecule has 0 aliphatic rings. The van der Waals surface area contributed by atoms with Gasteiger partial charge in [-0.25, -0.2) is 4.98 Å². The predicted octanol–water partition coefficient (Wildman–Crippen LogP) is 4.59. The van der Waals surface area contributed by atoms with Crippen LogP contribution in [0.25, 0.3) is 22.3 Å². The van der Waals surface area contributed by atoms with E-state index in [-0.39, 0.29) is 23.4 Å². The smallest absolute Gasteiger partial charge is 0.417 e. The Bertz CT molecular complexity index is 1280. The molecule has 0 unspecified atom stereocenters. The van der Waals surface area contributed by atoms with Crippen molar-refractivity contribution < 1.29 is 22.7 Å². The van der Waals surface area contributed by atoms with E-state index in [0.29, 0.717) is 16.8 Å². The number of rotatable bonds is 5. The van der Waals surface area contributed by atoms with Crippen LogP contribution in [0.4, 0.5) is 13.2 Å². The van der Waals surface area contributed by atoms with Gasteiger partial charge < -0.3 is 10.1 Å². The number of nitrogens with zero attached hydrogens (tertiary/aromatic N) is 3. The third-order valence-electron chi connectivity index (χ3n) is 5.07. The number of hydrogen-bond acceptors (Lipinski definition) is 4. The van der Waals surface area contributed by atoms with Crippen molar-refractivity contribution in [1.82, 2.24) is 20.1 Å². The minimum Gasteiger partial charge on any atom is -0.497 e. The lowest BCUT2D eigenvalue weighted by atomic mass is 10.0. The van der Waals surface area contributed by atoms with E-state index in [4.69, 9.17) is 4.74 Å². The number of halogens is 3. The number of amides is 1. The molecule has 1 amide bonds. The fourth-order valence-electron chi connectivity index (χ4n) is 3.41. The van der Waals surface area contributed by atoms with Gasteiger partial charge in [0.2, 0.25) is 0 Å². The summed E-state index contributed by atoms with van der Waals surface area (Å²) in [5.74, 6) is 0.256. The molecule has 4 rings (SSSR count). The van der Waals surface area contributed by atoms with Crippen molar-refractivity contribution >= 4 is 16.9 Å². The van der Waals surface area contributed by atoms with Gasteiger partial charge in [0.25, 0.3) is 5.91 Å². The lowest BCUT2D eigenvalue weighted by Crippen LogP contribution is -2.23. The zero-order chi connectivity index (χ0) is 22.9. The first kappa shape index (κ1) is 21.4. The molecule has 1 N–H and O–H groups in total. The standard InChI is InChI=1S/C23H19F3N4O2/c1-30-21-18(13-28-30)17(22(31)27-12-14-7-9-15(32-2)10-8-14)11-20(29-21)16-5-3-4-6-19(16)23(24,25)26/h3-11,13H,12H2,1-2H3,(H,27,31). The highest BCUT2D eigenvalue weighted by Gasteiger charge is 2.34. The van der Waals surface area contributed by atoms with Crippen LogP contribution in [0.1, 0.15) is 21.5 Å². The number of pyridine rings is 1. The number of aromatic nitrogens is 3. The number of carbonyl (C=O) groups is 1. The average Bonchev–Trinajstić information content (AvgIpc) is 3.17. The van der Waals surface area contributed by atoms with Crippen molar-refractivity contribution in [1.29, 1.82) is 0 Å². The Morgan fingerprint density at radius 2 is 1.84 bits per heavy atom. The van der Waals surface area contributed by atoms with E-state index < -0.39 is 17.6 Å². The summed E-state index contributed by atoms with van der Waals surface area (Å²) in [4.78, 5) is 17.4. The molecule has 0 spiro atoms. The van der Waals surface area contributed by atoms with Gasteiger partial charge in [-0.1, -0.05) is 30.3 Å². The van der Waals surface area contributed by atoms with Crippen LogP contribution in [0.15, 0.2) is 60.8 Å². The number of ether oxygens (including phenoxy) is 1. The zero-order valence-corrected chi connectivity index (χ0v) is 17.3. The normalized spacial score (nSPS) is 11.5. The molecular formula is C23H19F3N4O2. The topological polar surface area (TPSA) is 69.0 Å². The van der Waals surface area contributed by atoms with Crippen molar-refractivity contribution in [3.63, 3.8) is 0 Å². The Labute approximate surface area is 181 Å². The Balaban J connectivity index is 1.73. The van der Waals surface area contributed by atoms with Gasteiger partial charge in [0.1, 0.15) is 5.75 Å². The van der Waals surface area contributed by atoms with Crippen LogP contribution in [0.5, 0.6) is 5.75 Å². The summed E-state index contributed by atoms with van der Waals surface area (Å²) in [6, 6.07) is 13.7. The summed E-state index contributed by atoms with van der Waals surface area (Å²) >= 11 is 0. The summed E-state index contributed by atoms with van der Waals surface area (Å²) in [7, 11) is 3.18. The fraction of sp³-hybridized carbons (Fsp3) is 0.174. The minimum atomic E-state index is -4.56. The second-order valence-corrected chi connectivity index (χ2v) is 7.13. The van der Waals surface area contributed by atoms with Gasteiger partial charge in [0.05, 0.1) is 35.5 Å². The van der Waals surface area contributed by atoms with Crippen LogP contribution in [0.3, 0.4) is 0 Å². The molecule has 0 saturated carbocycles. The van der Waals surface area contributed by atoms with Crippen molar-refractivity contribution in [2.45, 2.75) is 12.7 Å². The summed E-state index contributed by atoms with van der Waals surface area (Å²) in [5, 5.41) is 7.38. The van der Waals surface area contributed by atoms with Crippen LogP contribution < -0.4 is 10.1 Å². The van der Waals surface area contributed by atoms with Gasteiger partial charge in [-0.15, -0.1) is 0 Å². The second-order valence-electron chi connectivity index (χ2n) is 7.13. The third-order valence-corrected chi connectivity index (χ3v) is 5.07. The van der Waals surface area contributed by atoms with Gasteiger partial charge >= 0.3 is 6.18 Å². The maximum atomic E-state index is 13.6. The number of aryl methyl sites for hydroxylation is 1. The Morgan fingerprint density at radius 3 is 2.53 bits per heavy atom. The van der Waals surface area contributed by atoms with Crippen LogP contribution >= 0.6 is 0 Å². The zero-order valence-electron chi connectivity index (χ0n) is 17.3. The highest BCUT2D eigenvalue weighted by molar-refractivity contribution is 6.06. The SMILES string of the molecule is COc1ccc(CNC(=O)c2cc(-c3ccccc3C(F)(F)F)nc3c2cnn3C)cc1. The van der Waals surface area contributed by atoms with E-state index in [1.165, 1.54) is 35.1 Å². The van der Waals surface area contributed by atoms with E-state index in [0.717, 1.165) is 11.6 Å². The molecule has 9 heteroatoms. The first-order chi connectivity index (χ1) is 15.3. The highest BCUT2D eigenvalue weighted by Crippen LogP contribution is 2.37. The number of nitrogens with one attached hydrogen (secondary N) is 1. The molecule has 2 aromatic carbocycles. The number of alkyl halides is 3. The van der Waals surface area contributed by atoms with E-state index in [9.17, 15) is 18.0 Å². The molecule has 0 radical (unpaired) electrons. The molecule has 164 valence electrons. The van der Waals surface area contributed by atoms with E-state index in [2.05, 4.69) is 15.4 Å². The van der Waals surface area contributed by atoms with E-state index >= 15 is 0 Å². The van der Waals surface area contributed by atoms with Gasteiger partial charge in [0, 0.05) is 19.2 Å². The van der Waals surface area contributed by atoms with Crippen LogP contribution in [-0.4, -0.2) is 27.8 Å². The molecule has 32 heavy (non-hydrogen) atoms. The molecule has 0 fully saturated rings. The van der Waals surface area contributed by atoms with Crippen LogP contribution in [0, 0.1) is 0 Å². The largest absolute Gasteiger partial charge is 0.497 e. The number of hydrogen-bond donors (Lipinski definition) is 1. The van der Waals surface area contributed by atoms with Crippen LogP contribution in [-0.2, 0) is 19.8 Å². The van der Waals surface area contributed by atoms with Gasteiger partial charge in [0.15, 0.2) is 5.65 Å². The second kappa shape index (κ2) is 8.33. The first-order valence-electron chi connectivity index (χ1n) is 9.68. The quantitative estimate of drug-likeness (QED) is 0.493.